The molecule has 2 nitrogen and oxygen atoms in total. The average Bonchev–Trinajstić information content (AvgIpc) is 2.28. The quantitative estimate of drug-likeness (QED) is 0.393. The third kappa shape index (κ3) is 0.981. The molecule has 2 heterocycles. The first-order chi connectivity index (χ1) is 6.03. The van der Waals surface area contributed by atoms with Crippen molar-refractivity contribution in [3.05, 3.63) is 30.3 Å². The Morgan fingerprint density at radius 2 is 2.23 bits per heavy atom. The van der Waals surface area contributed by atoms with Gasteiger partial charge < -0.3 is 0 Å². The van der Waals surface area contributed by atoms with Crippen molar-refractivity contribution in [1.29, 1.82) is 0 Å². The van der Waals surface area contributed by atoms with Crippen LogP contribution >= 0.6 is 0 Å². The molecule has 0 unspecified atom stereocenters. The van der Waals surface area contributed by atoms with Crippen LogP contribution in [0.3, 0.4) is 0 Å². The van der Waals surface area contributed by atoms with Gasteiger partial charge >= 0.3 is 5.84 Å². The predicted molar refractivity (Wildman–Crippen MR) is 55.0 cm³/mol. The predicted octanol–water partition coefficient (Wildman–Crippen LogP) is 1.80. The SMILES string of the molecule is C=C1N=C2C(=C[CH+]C=[N+]2C)C1(C)C. The van der Waals surface area contributed by atoms with Gasteiger partial charge in [-0.1, -0.05) is 0 Å². The van der Waals surface area contributed by atoms with Crippen LogP contribution in [0.1, 0.15) is 13.8 Å². The Hall–Kier alpha value is -1.31. The lowest BCUT2D eigenvalue weighted by molar-refractivity contribution is -0.364. The molecule has 0 fully saturated rings. The molecule has 0 aromatic carbocycles. The Balaban J connectivity index is 2.54. The lowest BCUT2D eigenvalue weighted by Crippen LogP contribution is -2.26. The molecule has 0 amide bonds. The molecule has 0 radical (unpaired) electrons. The van der Waals surface area contributed by atoms with Gasteiger partial charge in [-0.15, -0.1) is 0 Å². The lowest BCUT2D eigenvalue weighted by atomic mass is 9.82. The van der Waals surface area contributed by atoms with E-state index in [4.69, 9.17) is 0 Å². The van der Waals surface area contributed by atoms with E-state index in [1.807, 2.05) is 17.8 Å². The highest BCUT2D eigenvalue weighted by molar-refractivity contribution is 6.02. The van der Waals surface area contributed by atoms with Gasteiger partial charge in [0.25, 0.3) is 0 Å². The highest BCUT2D eigenvalue weighted by Crippen LogP contribution is 2.41. The standard InChI is InChI=1S/C11H14N2/c1-8-11(2,3)9-6-5-7-13(4)10(9)12-8/h5-7H,1H2,2-4H3/q+2. The summed E-state index contributed by atoms with van der Waals surface area (Å²) in [4.78, 5) is 4.47. The van der Waals surface area contributed by atoms with Crippen LogP contribution in [0, 0.1) is 11.8 Å². The fourth-order valence-corrected chi connectivity index (χ4v) is 1.65. The van der Waals surface area contributed by atoms with Crippen molar-refractivity contribution < 1.29 is 4.58 Å². The lowest BCUT2D eigenvalue weighted by Gasteiger charge is -2.11. The number of amidine groups is 1. The molecule has 2 heteroatoms. The largest absolute Gasteiger partial charge is 0.412 e. The van der Waals surface area contributed by atoms with Crippen LogP contribution in [-0.4, -0.2) is 23.7 Å². The van der Waals surface area contributed by atoms with E-state index < -0.39 is 0 Å². The van der Waals surface area contributed by atoms with Crippen molar-refractivity contribution in [3.63, 3.8) is 0 Å². The molecular weight excluding hydrogens is 160 g/mol. The number of hydrogen-bond acceptors (Lipinski definition) is 1. The molecule has 0 saturated carbocycles. The van der Waals surface area contributed by atoms with Gasteiger partial charge in [0, 0.05) is 0 Å². The minimum Gasteiger partial charge on any atom is -0.197 e. The van der Waals surface area contributed by atoms with Gasteiger partial charge in [0.1, 0.15) is 17.9 Å². The summed E-state index contributed by atoms with van der Waals surface area (Å²) >= 11 is 0. The number of nitrogens with zero attached hydrogens (tertiary/aromatic N) is 2. The van der Waals surface area contributed by atoms with Crippen molar-refractivity contribution in [2.45, 2.75) is 13.8 Å². The summed E-state index contributed by atoms with van der Waals surface area (Å²) in [5, 5.41) is 0. The minimum atomic E-state index is -0.00560. The average molecular weight is 174 g/mol. The van der Waals surface area contributed by atoms with Crippen molar-refractivity contribution in [2.24, 2.45) is 10.4 Å². The zero-order valence-electron chi connectivity index (χ0n) is 8.33. The van der Waals surface area contributed by atoms with E-state index in [2.05, 4.69) is 37.9 Å². The summed E-state index contributed by atoms with van der Waals surface area (Å²) in [5.74, 6) is 1.04. The van der Waals surface area contributed by atoms with Crippen molar-refractivity contribution in [3.8, 4) is 0 Å². The Morgan fingerprint density at radius 3 is 2.85 bits per heavy atom. The van der Waals surface area contributed by atoms with Crippen LogP contribution < -0.4 is 0 Å². The van der Waals surface area contributed by atoms with Gasteiger partial charge in [0.15, 0.2) is 17.5 Å². The van der Waals surface area contributed by atoms with Gasteiger partial charge in [0.2, 0.25) is 0 Å². The van der Waals surface area contributed by atoms with Crippen LogP contribution in [-0.2, 0) is 0 Å². The second-order valence-electron chi connectivity index (χ2n) is 4.04. The maximum absolute atomic E-state index is 4.47. The van der Waals surface area contributed by atoms with Gasteiger partial charge in [0.05, 0.1) is 7.05 Å². The van der Waals surface area contributed by atoms with Crippen LogP contribution in [0.15, 0.2) is 28.9 Å². The summed E-state index contributed by atoms with van der Waals surface area (Å²) < 4.78 is 2.04. The van der Waals surface area contributed by atoms with Crippen molar-refractivity contribution in [1.82, 2.24) is 0 Å². The molecule has 2 rings (SSSR count). The number of aliphatic imine (C=N–C) groups is 1. The molecular formula is C11H14N2+2. The molecule has 0 aromatic rings. The molecule has 2 aliphatic rings. The number of likely N-dealkylation sites (N-methyl/N-ethyl adjacent to an activating group) is 1. The molecule has 0 aromatic heterocycles. The zero-order chi connectivity index (χ0) is 9.64. The van der Waals surface area contributed by atoms with Gasteiger partial charge in [-0.05, 0) is 25.4 Å². The molecule has 0 N–H and O–H groups in total. The monoisotopic (exact) mass is 174 g/mol. The van der Waals surface area contributed by atoms with E-state index in [0.29, 0.717) is 0 Å². The van der Waals surface area contributed by atoms with Gasteiger partial charge in [-0.3, -0.25) is 0 Å². The number of fused-ring (bicyclic) bond motifs is 1. The van der Waals surface area contributed by atoms with Gasteiger partial charge in [-0.2, -0.15) is 4.58 Å². The summed E-state index contributed by atoms with van der Waals surface area (Å²) in [7, 11) is 2.01. The third-order valence-corrected chi connectivity index (χ3v) is 2.78. The number of hydrogen-bond donors (Lipinski definition) is 0. The fourth-order valence-electron chi connectivity index (χ4n) is 1.65. The van der Waals surface area contributed by atoms with Crippen LogP contribution in [0.2, 0.25) is 0 Å². The zero-order valence-corrected chi connectivity index (χ0v) is 8.33. The van der Waals surface area contributed by atoms with E-state index in [-0.39, 0.29) is 5.41 Å². The maximum Gasteiger partial charge on any atom is 0.412 e. The summed E-state index contributed by atoms with van der Waals surface area (Å²) in [6, 6.07) is 0. The highest BCUT2D eigenvalue weighted by Gasteiger charge is 2.51. The van der Waals surface area contributed by atoms with Crippen LogP contribution in [0.25, 0.3) is 0 Å². The smallest absolute Gasteiger partial charge is 0.197 e. The number of allylic oxidation sites excluding steroid dienone is 2. The summed E-state index contributed by atoms with van der Waals surface area (Å²) in [6.07, 6.45) is 6.18. The second kappa shape index (κ2) is 2.34. The first-order valence-electron chi connectivity index (χ1n) is 4.44. The molecule has 2 aliphatic heterocycles. The van der Waals surface area contributed by atoms with Gasteiger partial charge in [-0.25, -0.2) is 0 Å². The fraction of sp³-hybridized carbons (Fsp3) is 0.364. The highest BCUT2D eigenvalue weighted by atomic mass is 15.1. The van der Waals surface area contributed by atoms with Crippen LogP contribution in [0.5, 0.6) is 0 Å². The Labute approximate surface area is 79.0 Å². The maximum atomic E-state index is 4.47. The topological polar surface area (TPSA) is 15.4 Å². The molecule has 0 saturated heterocycles. The number of rotatable bonds is 0. The molecule has 0 atom stereocenters. The third-order valence-electron chi connectivity index (χ3n) is 2.78. The van der Waals surface area contributed by atoms with E-state index in [0.717, 1.165) is 11.5 Å². The molecule has 66 valence electrons. The van der Waals surface area contributed by atoms with Crippen molar-refractivity contribution in [2.75, 3.05) is 7.05 Å². The first kappa shape index (κ1) is 8.30. The Bertz CT molecular complexity index is 368. The molecule has 0 spiro atoms. The Morgan fingerprint density at radius 1 is 1.54 bits per heavy atom. The van der Waals surface area contributed by atoms with E-state index in [1.54, 1.807) is 0 Å². The van der Waals surface area contributed by atoms with Crippen LogP contribution in [0.4, 0.5) is 0 Å². The van der Waals surface area contributed by atoms with E-state index >= 15 is 0 Å². The molecule has 13 heavy (non-hydrogen) atoms. The van der Waals surface area contributed by atoms with Crippen molar-refractivity contribution >= 4 is 12.1 Å². The summed E-state index contributed by atoms with van der Waals surface area (Å²) in [6.45, 7) is 8.30. The van der Waals surface area contributed by atoms with E-state index in [1.165, 1.54) is 5.57 Å². The molecule has 0 aliphatic carbocycles. The molecule has 0 bridgehead atoms. The normalized spacial score (nSPS) is 24.2. The Kier molecular flexibility index (Phi) is 1.50. The van der Waals surface area contributed by atoms with E-state index in [9.17, 15) is 0 Å². The second-order valence-corrected chi connectivity index (χ2v) is 4.04. The summed E-state index contributed by atoms with van der Waals surface area (Å²) in [5.41, 5.74) is 2.21. The first-order valence-corrected chi connectivity index (χ1v) is 4.44. The minimum absolute atomic E-state index is 0.00560.